The van der Waals surface area contributed by atoms with Gasteiger partial charge in [0.25, 0.3) is 5.91 Å². The topological polar surface area (TPSA) is 73.1 Å². The maximum Gasteiger partial charge on any atom is 0.254 e. The van der Waals surface area contributed by atoms with E-state index in [4.69, 9.17) is 4.74 Å². The van der Waals surface area contributed by atoms with Crippen molar-refractivity contribution in [1.82, 2.24) is 24.6 Å². The maximum absolute atomic E-state index is 13.2. The van der Waals surface area contributed by atoms with Crippen LogP contribution in [0.2, 0.25) is 0 Å². The molecule has 142 valence electrons. The van der Waals surface area contributed by atoms with Gasteiger partial charge in [0.2, 0.25) is 0 Å². The lowest BCUT2D eigenvalue weighted by Crippen LogP contribution is -2.27. The van der Waals surface area contributed by atoms with Crippen LogP contribution in [0.1, 0.15) is 38.6 Å². The second kappa shape index (κ2) is 6.98. The molecule has 0 radical (unpaired) electrons. The van der Waals surface area contributed by atoms with E-state index in [1.54, 1.807) is 29.9 Å². The molecule has 0 fully saturated rings. The number of hydrogen-bond donors (Lipinski definition) is 0. The molecule has 0 aliphatic heterocycles. The average Bonchev–Trinajstić information content (AvgIpc) is 2.90. The zero-order valence-corrected chi connectivity index (χ0v) is 16.9. The third kappa shape index (κ3) is 3.25. The van der Waals surface area contributed by atoms with Gasteiger partial charge in [-0.05, 0) is 33.8 Å². The van der Waals surface area contributed by atoms with Crippen molar-refractivity contribution in [2.45, 2.75) is 34.2 Å². The van der Waals surface area contributed by atoms with Crippen molar-refractivity contribution in [2.24, 2.45) is 7.05 Å². The summed E-state index contributed by atoms with van der Waals surface area (Å²) >= 11 is 0. The molecule has 1 amide bonds. The fraction of sp³-hybridized carbons (Fsp3) is 0.400. The summed E-state index contributed by atoms with van der Waals surface area (Å²) in [6.07, 6.45) is 1.78. The first-order valence-corrected chi connectivity index (χ1v) is 8.80. The van der Waals surface area contributed by atoms with Gasteiger partial charge in [-0.3, -0.25) is 14.5 Å². The lowest BCUT2D eigenvalue weighted by Gasteiger charge is -2.20. The van der Waals surface area contributed by atoms with Gasteiger partial charge in [-0.2, -0.15) is 5.10 Å². The molecule has 0 bridgehead atoms. The van der Waals surface area contributed by atoms with Crippen LogP contribution >= 0.6 is 0 Å². The molecule has 7 heteroatoms. The van der Waals surface area contributed by atoms with Crippen LogP contribution in [0, 0.1) is 27.7 Å². The normalized spacial score (nSPS) is 11.1. The second-order valence-electron chi connectivity index (χ2n) is 6.93. The highest BCUT2D eigenvalue weighted by Crippen LogP contribution is 2.26. The van der Waals surface area contributed by atoms with Crippen LogP contribution in [-0.2, 0) is 13.6 Å². The van der Waals surface area contributed by atoms with Crippen LogP contribution in [0.4, 0.5) is 0 Å². The number of rotatable bonds is 4. The van der Waals surface area contributed by atoms with Crippen molar-refractivity contribution in [1.29, 1.82) is 0 Å². The molecular formula is C20H25N5O2. The summed E-state index contributed by atoms with van der Waals surface area (Å²) in [5.74, 6) is 0.730. The molecule has 0 aliphatic rings. The summed E-state index contributed by atoms with van der Waals surface area (Å²) in [7, 11) is 5.27. The zero-order chi connectivity index (χ0) is 19.9. The van der Waals surface area contributed by atoms with Crippen molar-refractivity contribution in [3.63, 3.8) is 0 Å². The Hall–Kier alpha value is -2.96. The van der Waals surface area contributed by atoms with Gasteiger partial charge >= 0.3 is 0 Å². The Morgan fingerprint density at radius 2 is 1.96 bits per heavy atom. The number of hydrogen-bond acceptors (Lipinski definition) is 5. The summed E-state index contributed by atoms with van der Waals surface area (Å²) in [6, 6.07) is 1.83. The molecule has 3 aromatic rings. The number of aryl methyl sites for hydroxylation is 4. The molecule has 0 N–H and O–H groups in total. The van der Waals surface area contributed by atoms with E-state index in [1.807, 2.05) is 40.8 Å². The molecule has 0 atom stereocenters. The Morgan fingerprint density at radius 3 is 2.63 bits per heavy atom. The number of nitrogens with zero attached hydrogens (tertiary/aromatic N) is 5. The van der Waals surface area contributed by atoms with Crippen molar-refractivity contribution in [2.75, 3.05) is 14.2 Å². The Morgan fingerprint density at radius 1 is 1.26 bits per heavy atom. The van der Waals surface area contributed by atoms with Gasteiger partial charge in [-0.1, -0.05) is 0 Å². The number of carbonyl (C=O) groups excluding carboxylic acids is 1. The number of fused-ring (bicyclic) bond motifs is 1. The Kier molecular flexibility index (Phi) is 4.87. The van der Waals surface area contributed by atoms with E-state index < -0.39 is 0 Å². The minimum atomic E-state index is -0.0812. The first kappa shape index (κ1) is 18.8. The summed E-state index contributed by atoms with van der Waals surface area (Å²) in [6.45, 7) is 8.09. The molecule has 7 nitrogen and oxygen atoms in total. The van der Waals surface area contributed by atoms with Crippen molar-refractivity contribution < 1.29 is 9.53 Å². The van der Waals surface area contributed by atoms with Gasteiger partial charge in [-0.25, -0.2) is 4.98 Å². The molecule has 3 rings (SSSR count). The summed E-state index contributed by atoms with van der Waals surface area (Å²) in [5.41, 5.74) is 5.66. The number of aromatic nitrogens is 4. The number of pyridine rings is 2. The van der Waals surface area contributed by atoms with E-state index in [0.717, 1.165) is 45.0 Å². The van der Waals surface area contributed by atoms with Crippen molar-refractivity contribution in [3.8, 4) is 5.75 Å². The lowest BCUT2D eigenvalue weighted by atomic mass is 10.1. The van der Waals surface area contributed by atoms with E-state index in [1.165, 1.54) is 0 Å². The van der Waals surface area contributed by atoms with Gasteiger partial charge < -0.3 is 9.64 Å². The van der Waals surface area contributed by atoms with Gasteiger partial charge in [-0.15, -0.1) is 0 Å². The second-order valence-corrected chi connectivity index (χ2v) is 6.93. The fourth-order valence-electron chi connectivity index (χ4n) is 3.47. The highest BCUT2D eigenvalue weighted by molar-refractivity contribution is 6.06. The first-order valence-electron chi connectivity index (χ1n) is 8.80. The highest BCUT2D eigenvalue weighted by Gasteiger charge is 2.22. The van der Waals surface area contributed by atoms with E-state index in [0.29, 0.717) is 12.1 Å². The first-order chi connectivity index (χ1) is 12.7. The predicted molar refractivity (Wildman–Crippen MR) is 104 cm³/mol. The average molecular weight is 367 g/mol. The molecule has 0 unspecified atom stereocenters. The van der Waals surface area contributed by atoms with E-state index in [9.17, 15) is 4.79 Å². The van der Waals surface area contributed by atoms with Crippen LogP contribution in [0.15, 0.2) is 12.3 Å². The highest BCUT2D eigenvalue weighted by atomic mass is 16.5. The molecule has 27 heavy (non-hydrogen) atoms. The van der Waals surface area contributed by atoms with Crippen LogP contribution in [0.25, 0.3) is 11.0 Å². The summed E-state index contributed by atoms with van der Waals surface area (Å²) in [5, 5.41) is 5.22. The smallest absolute Gasteiger partial charge is 0.254 e. The van der Waals surface area contributed by atoms with Gasteiger partial charge in [0, 0.05) is 37.1 Å². The lowest BCUT2D eigenvalue weighted by molar-refractivity contribution is 0.0784. The molecule has 3 aromatic heterocycles. The largest absolute Gasteiger partial charge is 0.496 e. The number of methoxy groups -OCH3 is 1. The van der Waals surface area contributed by atoms with Crippen LogP contribution in [0.3, 0.4) is 0 Å². The summed E-state index contributed by atoms with van der Waals surface area (Å²) < 4.78 is 7.19. The van der Waals surface area contributed by atoms with E-state index in [-0.39, 0.29) is 5.91 Å². The van der Waals surface area contributed by atoms with Gasteiger partial charge in [0.05, 0.1) is 36.0 Å². The monoisotopic (exact) mass is 367 g/mol. The van der Waals surface area contributed by atoms with Crippen LogP contribution in [-0.4, -0.2) is 44.7 Å². The number of carbonyl (C=O) groups is 1. The van der Waals surface area contributed by atoms with Gasteiger partial charge in [0.1, 0.15) is 5.75 Å². The molecular weight excluding hydrogens is 342 g/mol. The fourth-order valence-corrected chi connectivity index (χ4v) is 3.47. The predicted octanol–water partition coefficient (Wildman–Crippen LogP) is 2.88. The van der Waals surface area contributed by atoms with Crippen LogP contribution < -0.4 is 4.74 Å². The molecule has 0 spiro atoms. The Bertz CT molecular complexity index is 1040. The maximum atomic E-state index is 13.2. The standard InChI is InChI=1S/C20H25N5O2/c1-11-9-21-16(13(3)18(11)27-7)10-24(5)20(26)15-8-12(2)22-19-17(15)14(4)23-25(19)6/h8-9H,10H2,1-7H3. The third-order valence-corrected chi connectivity index (χ3v) is 4.81. The summed E-state index contributed by atoms with van der Waals surface area (Å²) in [4.78, 5) is 23.9. The molecule has 3 heterocycles. The van der Waals surface area contributed by atoms with E-state index in [2.05, 4.69) is 15.1 Å². The molecule has 0 aromatic carbocycles. The Labute approximate surface area is 159 Å². The van der Waals surface area contributed by atoms with Gasteiger partial charge in [0.15, 0.2) is 5.65 Å². The quantitative estimate of drug-likeness (QED) is 0.709. The minimum Gasteiger partial charge on any atom is -0.496 e. The van der Waals surface area contributed by atoms with Crippen LogP contribution in [0.5, 0.6) is 5.75 Å². The van der Waals surface area contributed by atoms with Crippen molar-refractivity contribution in [3.05, 3.63) is 46.0 Å². The molecule has 0 saturated heterocycles. The van der Waals surface area contributed by atoms with Crippen molar-refractivity contribution >= 4 is 16.9 Å². The Balaban J connectivity index is 1.99. The molecule has 0 aliphatic carbocycles. The third-order valence-electron chi connectivity index (χ3n) is 4.81. The minimum absolute atomic E-state index is 0.0812. The van der Waals surface area contributed by atoms with E-state index >= 15 is 0 Å². The zero-order valence-electron chi connectivity index (χ0n) is 16.9. The number of amides is 1. The SMILES string of the molecule is COc1c(C)cnc(CN(C)C(=O)c2cc(C)nc3c2c(C)nn3C)c1C. The molecule has 0 saturated carbocycles. The number of ether oxygens (including phenoxy) is 1.